The van der Waals surface area contributed by atoms with E-state index in [1.54, 1.807) is 6.20 Å². The Morgan fingerprint density at radius 3 is 2.85 bits per heavy atom. The lowest BCUT2D eigenvalue weighted by atomic mass is 10.1. The van der Waals surface area contributed by atoms with Crippen molar-refractivity contribution in [2.45, 2.75) is 32.2 Å². The molecule has 0 aliphatic carbocycles. The van der Waals surface area contributed by atoms with Crippen LogP contribution in [0, 0.1) is 5.92 Å². The molecular formula is C21H26N4O2. The predicted octanol–water partition coefficient (Wildman–Crippen LogP) is 2.51. The van der Waals surface area contributed by atoms with Crippen molar-refractivity contribution in [1.29, 1.82) is 0 Å². The molecule has 1 N–H and O–H groups in total. The SMILES string of the molecule is C[C@@H]1CCCN1C(=O)CN1CC[C@@H](C(=O)Nc2ccnc3ccccc23)C1. The lowest BCUT2D eigenvalue weighted by Gasteiger charge is -2.24. The second-order valence-electron chi connectivity index (χ2n) is 7.66. The molecule has 0 radical (unpaired) electrons. The molecule has 2 fully saturated rings. The molecule has 2 saturated heterocycles. The third-order valence-corrected chi connectivity index (χ3v) is 5.78. The van der Waals surface area contributed by atoms with E-state index >= 15 is 0 Å². The van der Waals surface area contributed by atoms with E-state index in [-0.39, 0.29) is 17.7 Å². The van der Waals surface area contributed by atoms with Crippen molar-refractivity contribution in [3.8, 4) is 0 Å². The van der Waals surface area contributed by atoms with Gasteiger partial charge in [0.05, 0.1) is 23.7 Å². The maximum atomic E-state index is 12.7. The summed E-state index contributed by atoms with van der Waals surface area (Å²) in [6.45, 7) is 4.84. The van der Waals surface area contributed by atoms with Crippen LogP contribution in [0.4, 0.5) is 5.69 Å². The third kappa shape index (κ3) is 3.81. The third-order valence-electron chi connectivity index (χ3n) is 5.78. The molecule has 1 aromatic heterocycles. The summed E-state index contributed by atoms with van der Waals surface area (Å²) >= 11 is 0. The number of nitrogens with zero attached hydrogens (tertiary/aromatic N) is 3. The number of anilines is 1. The molecule has 0 bridgehead atoms. The molecular weight excluding hydrogens is 340 g/mol. The number of pyridine rings is 1. The lowest BCUT2D eigenvalue weighted by molar-refractivity contribution is -0.133. The highest BCUT2D eigenvalue weighted by molar-refractivity contribution is 6.01. The second kappa shape index (κ2) is 7.64. The Hall–Kier alpha value is -2.47. The summed E-state index contributed by atoms with van der Waals surface area (Å²) in [4.78, 5) is 33.7. The van der Waals surface area contributed by atoms with Gasteiger partial charge in [0, 0.05) is 30.7 Å². The van der Waals surface area contributed by atoms with Gasteiger partial charge < -0.3 is 10.2 Å². The van der Waals surface area contributed by atoms with E-state index in [0.717, 1.165) is 48.9 Å². The van der Waals surface area contributed by atoms with Gasteiger partial charge in [-0.3, -0.25) is 19.5 Å². The van der Waals surface area contributed by atoms with Crippen molar-refractivity contribution < 1.29 is 9.59 Å². The van der Waals surface area contributed by atoms with E-state index in [1.807, 2.05) is 35.2 Å². The van der Waals surface area contributed by atoms with Crippen LogP contribution < -0.4 is 5.32 Å². The molecule has 27 heavy (non-hydrogen) atoms. The Bertz CT molecular complexity index is 848. The molecule has 2 aliphatic heterocycles. The number of carbonyl (C=O) groups is 2. The predicted molar refractivity (Wildman–Crippen MR) is 105 cm³/mol. The number of hydrogen-bond donors (Lipinski definition) is 1. The number of fused-ring (bicyclic) bond motifs is 1. The van der Waals surface area contributed by atoms with Gasteiger partial charge in [0.25, 0.3) is 0 Å². The summed E-state index contributed by atoms with van der Waals surface area (Å²) in [6.07, 6.45) is 4.70. The zero-order valence-corrected chi connectivity index (χ0v) is 15.7. The van der Waals surface area contributed by atoms with Gasteiger partial charge in [0.1, 0.15) is 0 Å². The Labute approximate surface area is 159 Å². The smallest absolute Gasteiger partial charge is 0.236 e. The molecule has 6 nitrogen and oxygen atoms in total. The van der Waals surface area contributed by atoms with E-state index in [4.69, 9.17) is 0 Å². The Kier molecular flexibility index (Phi) is 5.07. The van der Waals surface area contributed by atoms with Crippen LogP contribution in [0.1, 0.15) is 26.2 Å². The highest BCUT2D eigenvalue weighted by Gasteiger charge is 2.32. The first-order chi connectivity index (χ1) is 13.1. The molecule has 0 unspecified atom stereocenters. The normalized spacial score (nSPS) is 23.1. The van der Waals surface area contributed by atoms with E-state index in [2.05, 4.69) is 22.1 Å². The first kappa shape index (κ1) is 17.9. The standard InChI is InChI=1S/C21H26N4O2/c1-15-5-4-11-25(15)20(26)14-24-12-9-16(13-24)21(27)23-19-8-10-22-18-7-3-2-6-17(18)19/h2-3,6-8,10,15-16H,4-5,9,11-14H2,1H3,(H,22,23,27)/t15-,16-/m1/s1. The second-order valence-corrected chi connectivity index (χ2v) is 7.66. The minimum Gasteiger partial charge on any atom is -0.339 e. The zero-order chi connectivity index (χ0) is 18.8. The van der Waals surface area contributed by atoms with E-state index in [9.17, 15) is 9.59 Å². The van der Waals surface area contributed by atoms with Gasteiger partial charge in [-0.25, -0.2) is 0 Å². The van der Waals surface area contributed by atoms with Gasteiger partial charge in [-0.15, -0.1) is 0 Å². The Morgan fingerprint density at radius 2 is 2.04 bits per heavy atom. The summed E-state index contributed by atoms with van der Waals surface area (Å²) < 4.78 is 0. The first-order valence-corrected chi connectivity index (χ1v) is 9.78. The number of aromatic nitrogens is 1. The summed E-state index contributed by atoms with van der Waals surface area (Å²) in [5, 5.41) is 4.01. The first-order valence-electron chi connectivity index (χ1n) is 9.78. The largest absolute Gasteiger partial charge is 0.339 e. The molecule has 0 spiro atoms. The van der Waals surface area contributed by atoms with Crippen LogP contribution in [0.25, 0.3) is 10.9 Å². The van der Waals surface area contributed by atoms with Crippen molar-refractivity contribution >= 4 is 28.4 Å². The Morgan fingerprint density at radius 1 is 1.19 bits per heavy atom. The number of benzene rings is 1. The number of amides is 2. The minimum atomic E-state index is -0.0827. The van der Waals surface area contributed by atoms with Crippen molar-refractivity contribution in [2.24, 2.45) is 5.92 Å². The number of nitrogens with one attached hydrogen (secondary N) is 1. The van der Waals surface area contributed by atoms with Crippen molar-refractivity contribution in [3.63, 3.8) is 0 Å². The molecule has 6 heteroatoms. The van der Waals surface area contributed by atoms with Crippen LogP contribution in [0.5, 0.6) is 0 Å². The molecule has 2 atom stereocenters. The van der Waals surface area contributed by atoms with Gasteiger partial charge in [0.15, 0.2) is 0 Å². The number of hydrogen-bond acceptors (Lipinski definition) is 4. The number of rotatable bonds is 4. The summed E-state index contributed by atoms with van der Waals surface area (Å²) in [5.74, 6) is 0.137. The van der Waals surface area contributed by atoms with E-state index in [0.29, 0.717) is 19.1 Å². The van der Waals surface area contributed by atoms with Gasteiger partial charge in [-0.1, -0.05) is 18.2 Å². The van der Waals surface area contributed by atoms with Crippen LogP contribution in [0.2, 0.25) is 0 Å². The highest BCUT2D eigenvalue weighted by atomic mass is 16.2. The van der Waals surface area contributed by atoms with Crippen molar-refractivity contribution in [2.75, 3.05) is 31.5 Å². The number of carbonyl (C=O) groups excluding carboxylic acids is 2. The fourth-order valence-electron chi connectivity index (χ4n) is 4.22. The fourth-order valence-corrected chi connectivity index (χ4v) is 4.22. The van der Waals surface area contributed by atoms with Gasteiger partial charge in [-0.05, 0) is 44.9 Å². The van der Waals surface area contributed by atoms with E-state index in [1.165, 1.54) is 0 Å². The van der Waals surface area contributed by atoms with Crippen LogP contribution in [0.3, 0.4) is 0 Å². The highest BCUT2D eigenvalue weighted by Crippen LogP contribution is 2.24. The number of para-hydroxylation sites is 1. The number of likely N-dealkylation sites (tertiary alicyclic amines) is 2. The lowest BCUT2D eigenvalue weighted by Crippen LogP contribution is -2.41. The minimum absolute atomic E-state index is 0.0239. The maximum Gasteiger partial charge on any atom is 0.236 e. The zero-order valence-electron chi connectivity index (χ0n) is 15.7. The maximum absolute atomic E-state index is 12.7. The van der Waals surface area contributed by atoms with Gasteiger partial charge in [-0.2, -0.15) is 0 Å². The molecule has 3 heterocycles. The quantitative estimate of drug-likeness (QED) is 0.903. The fraction of sp³-hybridized carbons (Fsp3) is 0.476. The van der Waals surface area contributed by atoms with Crippen molar-refractivity contribution in [1.82, 2.24) is 14.8 Å². The average Bonchev–Trinajstić information content (AvgIpc) is 3.31. The molecule has 2 amide bonds. The summed E-state index contributed by atoms with van der Waals surface area (Å²) in [6, 6.07) is 9.97. The van der Waals surface area contributed by atoms with Crippen LogP contribution in [0.15, 0.2) is 36.5 Å². The summed E-state index contributed by atoms with van der Waals surface area (Å²) in [7, 11) is 0. The topological polar surface area (TPSA) is 65.5 Å². The average molecular weight is 366 g/mol. The van der Waals surface area contributed by atoms with Crippen LogP contribution >= 0.6 is 0 Å². The van der Waals surface area contributed by atoms with Crippen LogP contribution in [-0.4, -0.2) is 58.8 Å². The monoisotopic (exact) mass is 366 g/mol. The molecule has 1 aromatic carbocycles. The molecule has 4 rings (SSSR count). The van der Waals surface area contributed by atoms with Gasteiger partial charge in [0.2, 0.25) is 11.8 Å². The molecule has 0 saturated carbocycles. The summed E-state index contributed by atoms with van der Waals surface area (Å²) in [5.41, 5.74) is 1.67. The molecule has 2 aliphatic rings. The van der Waals surface area contributed by atoms with E-state index < -0.39 is 0 Å². The molecule has 142 valence electrons. The molecule has 2 aromatic rings. The Balaban J connectivity index is 1.36. The van der Waals surface area contributed by atoms with Gasteiger partial charge >= 0.3 is 0 Å². The van der Waals surface area contributed by atoms with Crippen molar-refractivity contribution in [3.05, 3.63) is 36.5 Å². The van der Waals surface area contributed by atoms with Crippen LogP contribution in [-0.2, 0) is 9.59 Å².